The molecule has 3 heteroatoms. The quantitative estimate of drug-likeness (QED) is 0.735. The van der Waals surface area contributed by atoms with Crippen molar-refractivity contribution in [2.75, 3.05) is 0 Å². The topological polar surface area (TPSA) is 30.7 Å². The van der Waals surface area contributed by atoms with Crippen LogP contribution in [-0.4, -0.2) is 14.5 Å². The fourth-order valence-electron chi connectivity index (χ4n) is 2.09. The standard InChI is InChI=1S/C13H19N3/c1-7(2)12-15-11-9(4)8(3)10(5)14-13(11)16(12)6/h7H,1-6H3. The van der Waals surface area contributed by atoms with E-state index in [1.807, 2.05) is 7.05 Å². The molecule has 0 unspecified atom stereocenters. The zero-order valence-corrected chi connectivity index (χ0v) is 10.9. The molecule has 0 fully saturated rings. The third kappa shape index (κ3) is 1.42. The van der Waals surface area contributed by atoms with Crippen molar-refractivity contribution in [3.63, 3.8) is 0 Å². The highest BCUT2D eigenvalue weighted by Crippen LogP contribution is 2.24. The van der Waals surface area contributed by atoms with E-state index in [4.69, 9.17) is 4.98 Å². The summed E-state index contributed by atoms with van der Waals surface area (Å²) in [6, 6.07) is 0. The molecule has 3 nitrogen and oxygen atoms in total. The first-order valence-electron chi connectivity index (χ1n) is 5.73. The Kier molecular flexibility index (Phi) is 2.49. The Morgan fingerprint density at radius 2 is 1.62 bits per heavy atom. The summed E-state index contributed by atoms with van der Waals surface area (Å²) >= 11 is 0. The minimum Gasteiger partial charge on any atom is -0.316 e. The van der Waals surface area contributed by atoms with Crippen LogP contribution in [0, 0.1) is 20.8 Å². The van der Waals surface area contributed by atoms with Crippen molar-refractivity contribution in [1.29, 1.82) is 0 Å². The van der Waals surface area contributed by atoms with Gasteiger partial charge in [0.25, 0.3) is 0 Å². The normalized spacial score (nSPS) is 11.7. The van der Waals surface area contributed by atoms with E-state index in [1.54, 1.807) is 0 Å². The molecule has 2 aromatic heterocycles. The number of hydrogen-bond donors (Lipinski definition) is 0. The summed E-state index contributed by atoms with van der Waals surface area (Å²) in [5.74, 6) is 1.54. The summed E-state index contributed by atoms with van der Waals surface area (Å²) in [7, 11) is 2.05. The van der Waals surface area contributed by atoms with Crippen molar-refractivity contribution in [2.24, 2.45) is 7.05 Å². The fraction of sp³-hybridized carbons (Fsp3) is 0.538. The average molecular weight is 217 g/mol. The maximum absolute atomic E-state index is 4.71. The van der Waals surface area contributed by atoms with Crippen molar-refractivity contribution < 1.29 is 0 Å². The summed E-state index contributed by atoms with van der Waals surface area (Å²) in [6.45, 7) is 10.6. The SMILES string of the molecule is Cc1nc2c(nc(C(C)C)n2C)c(C)c1C. The molecule has 0 saturated carbocycles. The molecule has 2 heterocycles. The van der Waals surface area contributed by atoms with Crippen LogP contribution >= 0.6 is 0 Å². The van der Waals surface area contributed by atoms with E-state index in [-0.39, 0.29) is 0 Å². The molecule has 0 spiro atoms. The van der Waals surface area contributed by atoms with Gasteiger partial charge in [-0.15, -0.1) is 0 Å². The third-order valence-corrected chi connectivity index (χ3v) is 3.35. The molecule has 2 aromatic rings. The summed E-state index contributed by atoms with van der Waals surface area (Å²) in [4.78, 5) is 9.35. The van der Waals surface area contributed by atoms with Crippen LogP contribution in [0.3, 0.4) is 0 Å². The molecule has 16 heavy (non-hydrogen) atoms. The van der Waals surface area contributed by atoms with Crippen molar-refractivity contribution in [2.45, 2.75) is 40.5 Å². The van der Waals surface area contributed by atoms with Gasteiger partial charge in [0.05, 0.1) is 0 Å². The largest absolute Gasteiger partial charge is 0.316 e. The molecule has 0 aromatic carbocycles. The lowest BCUT2D eigenvalue weighted by atomic mass is 10.1. The van der Waals surface area contributed by atoms with E-state index < -0.39 is 0 Å². The first-order chi connectivity index (χ1) is 7.43. The lowest BCUT2D eigenvalue weighted by Gasteiger charge is -2.06. The molecule has 86 valence electrons. The molecule has 0 bridgehead atoms. The van der Waals surface area contributed by atoms with Gasteiger partial charge in [0.2, 0.25) is 0 Å². The summed E-state index contributed by atoms with van der Waals surface area (Å²) in [6.07, 6.45) is 0. The van der Waals surface area contributed by atoms with Crippen LogP contribution < -0.4 is 0 Å². The number of aromatic nitrogens is 3. The molecular weight excluding hydrogens is 198 g/mol. The van der Waals surface area contributed by atoms with Gasteiger partial charge >= 0.3 is 0 Å². The molecule has 0 aliphatic heterocycles. The highest BCUT2D eigenvalue weighted by atomic mass is 15.1. The van der Waals surface area contributed by atoms with Crippen LogP contribution in [0.5, 0.6) is 0 Å². The van der Waals surface area contributed by atoms with E-state index in [9.17, 15) is 0 Å². The maximum Gasteiger partial charge on any atom is 0.160 e. The average Bonchev–Trinajstić information content (AvgIpc) is 2.54. The maximum atomic E-state index is 4.71. The third-order valence-electron chi connectivity index (χ3n) is 3.35. The van der Waals surface area contributed by atoms with Gasteiger partial charge in [0.15, 0.2) is 5.65 Å². The Morgan fingerprint density at radius 1 is 1.00 bits per heavy atom. The van der Waals surface area contributed by atoms with Crippen LogP contribution in [0.2, 0.25) is 0 Å². The minimum atomic E-state index is 0.430. The lowest BCUT2D eigenvalue weighted by Crippen LogP contribution is -2.01. The number of fused-ring (bicyclic) bond motifs is 1. The number of nitrogens with zero attached hydrogens (tertiary/aromatic N) is 3. The van der Waals surface area contributed by atoms with Gasteiger partial charge in [0.1, 0.15) is 11.3 Å². The van der Waals surface area contributed by atoms with Gasteiger partial charge in [0, 0.05) is 18.7 Å². The second-order valence-corrected chi connectivity index (χ2v) is 4.80. The summed E-state index contributed by atoms with van der Waals surface area (Å²) < 4.78 is 2.11. The van der Waals surface area contributed by atoms with Gasteiger partial charge in [-0.05, 0) is 31.9 Å². The van der Waals surface area contributed by atoms with Crippen molar-refractivity contribution in [3.8, 4) is 0 Å². The first-order valence-corrected chi connectivity index (χ1v) is 5.73. The molecular formula is C13H19N3. The van der Waals surface area contributed by atoms with E-state index >= 15 is 0 Å². The smallest absolute Gasteiger partial charge is 0.160 e. The highest BCUT2D eigenvalue weighted by Gasteiger charge is 2.15. The highest BCUT2D eigenvalue weighted by molar-refractivity contribution is 5.77. The van der Waals surface area contributed by atoms with E-state index in [0.29, 0.717) is 5.92 Å². The van der Waals surface area contributed by atoms with Gasteiger partial charge in [-0.1, -0.05) is 13.8 Å². The summed E-state index contributed by atoms with van der Waals surface area (Å²) in [5.41, 5.74) is 5.66. The second-order valence-electron chi connectivity index (χ2n) is 4.80. The predicted octanol–water partition coefficient (Wildman–Crippen LogP) is 3.02. The molecule has 0 radical (unpaired) electrons. The van der Waals surface area contributed by atoms with E-state index in [1.165, 1.54) is 11.1 Å². The van der Waals surface area contributed by atoms with Crippen LogP contribution in [0.4, 0.5) is 0 Å². The van der Waals surface area contributed by atoms with E-state index in [0.717, 1.165) is 22.7 Å². The van der Waals surface area contributed by atoms with Crippen LogP contribution in [-0.2, 0) is 7.05 Å². The fourth-order valence-corrected chi connectivity index (χ4v) is 2.09. The van der Waals surface area contributed by atoms with Crippen molar-refractivity contribution >= 4 is 11.2 Å². The number of imidazole rings is 1. The number of hydrogen-bond acceptors (Lipinski definition) is 2. The van der Waals surface area contributed by atoms with Crippen LogP contribution in [0.15, 0.2) is 0 Å². The number of aryl methyl sites for hydroxylation is 3. The Labute approximate surface area is 96.5 Å². The molecule has 2 rings (SSSR count). The van der Waals surface area contributed by atoms with Crippen molar-refractivity contribution in [1.82, 2.24) is 14.5 Å². The first kappa shape index (κ1) is 11.1. The number of pyridine rings is 1. The van der Waals surface area contributed by atoms with Crippen molar-refractivity contribution in [3.05, 3.63) is 22.6 Å². The molecule has 0 atom stereocenters. The van der Waals surface area contributed by atoms with Gasteiger partial charge in [-0.25, -0.2) is 9.97 Å². The van der Waals surface area contributed by atoms with Gasteiger partial charge in [-0.3, -0.25) is 0 Å². The minimum absolute atomic E-state index is 0.430. The lowest BCUT2D eigenvalue weighted by molar-refractivity contribution is 0.718. The van der Waals surface area contributed by atoms with Gasteiger partial charge < -0.3 is 4.57 Å². The zero-order valence-electron chi connectivity index (χ0n) is 10.9. The predicted molar refractivity (Wildman–Crippen MR) is 66.8 cm³/mol. The number of rotatable bonds is 1. The molecule has 0 N–H and O–H groups in total. The van der Waals surface area contributed by atoms with Gasteiger partial charge in [-0.2, -0.15) is 0 Å². The molecule has 0 saturated heterocycles. The monoisotopic (exact) mass is 217 g/mol. The molecule has 0 aliphatic carbocycles. The molecule has 0 amide bonds. The Hall–Kier alpha value is -1.38. The summed E-state index contributed by atoms with van der Waals surface area (Å²) in [5, 5.41) is 0. The second kappa shape index (κ2) is 3.58. The van der Waals surface area contributed by atoms with Crippen LogP contribution in [0.25, 0.3) is 11.2 Å². The zero-order chi connectivity index (χ0) is 12.0. The Bertz CT molecular complexity index is 550. The van der Waals surface area contributed by atoms with Crippen LogP contribution in [0.1, 0.15) is 42.4 Å². The molecule has 0 aliphatic rings. The Morgan fingerprint density at radius 3 is 2.19 bits per heavy atom. The Balaban J connectivity index is 2.87. The van der Waals surface area contributed by atoms with E-state index in [2.05, 4.69) is 44.2 Å².